The molecule has 0 fully saturated rings. The molecule has 1 N–H and O–H groups in total. The third-order valence-corrected chi connectivity index (χ3v) is 4.52. The van der Waals surface area contributed by atoms with Crippen molar-refractivity contribution in [2.24, 2.45) is 0 Å². The van der Waals surface area contributed by atoms with E-state index < -0.39 is 0 Å². The van der Waals surface area contributed by atoms with Crippen molar-refractivity contribution in [2.45, 2.75) is 46.6 Å². The lowest BCUT2D eigenvalue weighted by Gasteiger charge is -2.17. The van der Waals surface area contributed by atoms with E-state index in [1.807, 2.05) is 26.8 Å². The average Bonchev–Trinajstić information content (AvgIpc) is 2.63. The molecule has 1 aromatic heterocycles. The molecule has 1 atom stereocenters. The van der Waals surface area contributed by atoms with Crippen molar-refractivity contribution >= 4 is 17.4 Å². The highest BCUT2D eigenvalue weighted by atomic mass is 35.5. The topological polar surface area (TPSA) is 56.3 Å². The second kappa shape index (κ2) is 10.3. The van der Waals surface area contributed by atoms with Gasteiger partial charge in [-0.15, -0.1) is 0 Å². The molecule has 6 heteroatoms. The van der Waals surface area contributed by atoms with Gasteiger partial charge in [0.15, 0.2) is 0 Å². The number of aryl methyl sites for hydroxylation is 2. The van der Waals surface area contributed by atoms with Crippen LogP contribution in [0.15, 0.2) is 24.5 Å². The van der Waals surface area contributed by atoms with Crippen molar-refractivity contribution in [3.05, 3.63) is 46.4 Å². The summed E-state index contributed by atoms with van der Waals surface area (Å²) in [7, 11) is 0. The van der Waals surface area contributed by atoms with Crippen molar-refractivity contribution in [1.29, 1.82) is 0 Å². The van der Waals surface area contributed by atoms with Crippen LogP contribution < -0.4 is 10.1 Å². The minimum atomic E-state index is -0.0280. The monoisotopic (exact) mass is 377 g/mol. The number of benzene rings is 1. The standard InChI is InChI=1S/C20H28ClN3O2/c1-5-18-19(21)20(24-13-23-18)22-12-15(4)26-17-8-7-16(14(3)11-17)9-10-25-6-2/h7-8,11,13,15H,5-6,9-10,12H2,1-4H3,(H,22,23,24). The summed E-state index contributed by atoms with van der Waals surface area (Å²) in [6, 6.07) is 6.20. The molecule has 0 aliphatic heterocycles. The van der Waals surface area contributed by atoms with Gasteiger partial charge in [-0.2, -0.15) is 0 Å². The van der Waals surface area contributed by atoms with Gasteiger partial charge in [0, 0.05) is 6.61 Å². The van der Waals surface area contributed by atoms with E-state index in [2.05, 4.69) is 34.3 Å². The Bertz CT molecular complexity index is 709. The van der Waals surface area contributed by atoms with Crippen LogP contribution in [0.25, 0.3) is 0 Å². The lowest BCUT2D eigenvalue weighted by molar-refractivity contribution is 0.151. The fourth-order valence-corrected chi connectivity index (χ4v) is 2.94. The van der Waals surface area contributed by atoms with Crippen LogP contribution in [0.4, 0.5) is 5.82 Å². The molecule has 0 saturated heterocycles. The summed E-state index contributed by atoms with van der Waals surface area (Å²) >= 11 is 6.30. The second-order valence-corrected chi connectivity index (χ2v) is 6.56. The number of nitrogens with zero attached hydrogens (tertiary/aromatic N) is 2. The number of ether oxygens (including phenoxy) is 2. The Balaban J connectivity index is 1.89. The summed E-state index contributed by atoms with van der Waals surface area (Å²) in [5.41, 5.74) is 3.35. The fourth-order valence-electron chi connectivity index (χ4n) is 2.64. The molecule has 0 bridgehead atoms. The third-order valence-electron chi connectivity index (χ3n) is 4.12. The molecule has 26 heavy (non-hydrogen) atoms. The average molecular weight is 378 g/mol. The van der Waals surface area contributed by atoms with Crippen LogP contribution in [0.3, 0.4) is 0 Å². The van der Waals surface area contributed by atoms with Gasteiger partial charge in [0.05, 0.1) is 18.8 Å². The molecule has 1 heterocycles. The molecule has 0 radical (unpaired) electrons. The van der Waals surface area contributed by atoms with Gasteiger partial charge in [0.25, 0.3) is 0 Å². The summed E-state index contributed by atoms with van der Waals surface area (Å²) in [5, 5.41) is 3.82. The number of nitrogens with one attached hydrogen (secondary N) is 1. The molecular weight excluding hydrogens is 350 g/mol. The van der Waals surface area contributed by atoms with Gasteiger partial charge in [-0.3, -0.25) is 0 Å². The smallest absolute Gasteiger partial charge is 0.148 e. The first-order chi connectivity index (χ1) is 12.5. The van der Waals surface area contributed by atoms with E-state index in [-0.39, 0.29) is 6.10 Å². The van der Waals surface area contributed by atoms with E-state index >= 15 is 0 Å². The minimum absolute atomic E-state index is 0.0280. The maximum atomic E-state index is 6.30. The zero-order valence-electron chi connectivity index (χ0n) is 16.0. The van der Waals surface area contributed by atoms with Crippen molar-refractivity contribution in [2.75, 3.05) is 25.1 Å². The molecule has 0 amide bonds. The molecule has 0 aliphatic rings. The maximum absolute atomic E-state index is 6.30. The molecule has 2 aromatic rings. The molecule has 0 aliphatic carbocycles. The second-order valence-electron chi connectivity index (χ2n) is 6.18. The first-order valence-electron chi connectivity index (χ1n) is 9.12. The first kappa shape index (κ1) is 20.5. The van der Waals surface area contributed by atoms with Crippen LogP contribution in [0.5, 0.6) is 5.75 Å². The largest absolute Gasteiger partial charge is 0.489 e. The van der Waals surface area contributed by atoms with E-state index in [4.69, 9.17) is 21.1 Å². The molecular formula is C20H28ClN3O2. The maximum Gasteiger partial charge on any atom is 0.148 e. The van der Waals surface area contributed by atoms with Crippen LogP contribution in [0.2, 0.25) is 5.02 Å². The van der Waals surface area contributed by atoms with Crippen molar-refractivity contribution in [3.8, 4) is 5.75 Å². The SMILES string of the molecule is CCOCCc1ccc(OC(C)CNc2ncnc(CC)c2Cl)cc1C. The summed E-state index contributed by atoms with van der Waals surface area (Å²) < 4.78 is 11.4. The highest BCUT2D eigenvalue weighted by molar-refractivity contribution is 6.33. The predicted molar refractivity (Wildman–Crippen MR) is 106 cm³/mol. The normalized spacial score (nSPS) is 12.0. The van der Waals surface area contributed by atoms with Crippen LogP contribution in [0.1, 0.15) is 37.6 Å². The molecule has 0 spiro atoms. The Morgan fingerprint density at radius 3 is 2.73 bits per heavy atom. The molecule has 1 unspecified atom stereocenters. The number of aromatic nitrogens is 2. The lowest BCUT2D eigenvalue weighted by Crippen LogP contribution is -2.23. The number of rotatable bonds is 10. The summed E-state index contributed by atoms with van der Waals surface area (Å²) in [5.74, 6) is 1.51. The fraction of sp³-hybridized carbons (Fsp3) is 0.500. The Hall–Kier alpha value is -1.85. The first-order valence-corrected chi connectivity index (χ1v) is 9.50. The highest BCUT2D eigenvalue weighted by Crippen LogP contribution is 2.23. The quantitative estimate of drug-likeness (QED) is 0.619. The van der Waals surface area contributed by atoms with Gasteiger partial charge >= 0.3 is 0 Å². The Morgan fingerprint density at radius 2 is 2.04 bits per heavy atom. The molecule has 1 aromatic carbocycles. The number of hydrogen-bond donors (Lipinski definition) is 1. The van der Waals surface area contributed by atoms with Crippen molar-refractivity contribution in [1.82, 2.24) is 9.97 Å². The van der Waals surface area contributed by atoms with Crippen LogP contribution >= 0.6 is 11.6 Å². The van der Waals surface area contributed by atoms with Crippen molar-refractivity contribution in [3.63, 3.8) is 0 Å². The van der Waals surface area contributed by atoms with Gasteiger partial charge in [-0.05, 0) is 56.9 Å². The van der Waals surface area contributed by atoms with E-state index in [1.165, 1.54) is 17.5 Å². The third kappa shape index (κ3) is 5.85. The van der Waals surface area contributed by atoms with Gasteiger partial charge in [0.2, 0.25) is 0 Å². The zero-order chi connectivity index (χ0) is 18.9. The van der Waals surface area contributed by atoms with Crippen LogP contribution in [-0.4, -0.2) is 35.8 Å². The Labute approximate surface area is 161 Å². The number of halogens is 1. The molecule has 5 nitrogen and oxygen atoms in total. The minimum Gasteiger partial charge on any atom is -0.489 e. The number of anilines is 1. The zero-order valence-corrected chi connectivity index (χ0v) is 16.8. The lowest BCUT2D eigenvalue weighted by atomic mass is 10.1. The summed E-state index contributed by atoms with van der Waals surface area (Å²) in [6.45, 7) is 10.2. The highest BCUT2D eigenvalue weighted by Gasteiger charge is 2.10. The summed E-state index contributed by atoms with van der Waals surface area (Å²) in [4.78, 5) is 8.38. The van der Waals surface area contributed by atoms with E-state index in [0.717, 1.165) is 37.5 Å². The van der Waals surface area contributed by atoms with Gasteiger partial charge in [0.1, 0.15) is 29.0 Å². The van der Waals surface area contributed by atoms with Gasteiger partial charge in [-0.25, -0.2) is 9.97 Å². The van der Waals surface area contributed by atoms with Gasteiger partial charge < -0.3 is 14.8 Å². The summed E-state index contributed by atoms with van der Waals surface area (Å²) in [6.07, 6.45) is 3.20. The Morgan fingerprint density at radius 1 is 1.23 bits per heavy atom. The van der Waals surface area contributed by atoms with Crippen LogP contribution in [-0.2, 0) is 17.6 Å². The Kier molecular flexibility index (Phi) is 8.13. The van der Waals surface area contributed by atoms with Crippen molar-refractivity contribution < 1.29 is 9.47 Å². The van der Waals surface area contributed by atoms with E-state index in [9.17, 15) is 0 Å². The van der Waals surface area contributed by atoms with Gasteiger partial charge in [-0.1, -0.05) is 24.6 Å². The molecule has 2 rings (SSSR count). The van der Waals surface area contributed by atoms with Crippen LogP contribution in [0, 0.1) is 6.92 Å². The molecule has 0 saturated carbocycles. The van der Waals surface area contributed by atoms with E-state index in [0.29, 0.717) is 17.4 Å². The predicted octanol–water partition coefficient (Wildman–Crippen LogP) is 4.46. The van der Waals surface area contributed by atoms with E-state index in [1.54, 1.807) is 0 Å². The number of hydrogen-bond acceptors (Lipinski definition) is 5. The molecule has 142 valence electrons.